The van der Waals surface area contributed by atoms with Gasteiger partial charge in [0.25, 0.3) is 0 Å². The molecule has 1 saturated carbocycles. The first-order chi connectivity index (χ1) is 7.61. The van der Waals surface area contributed by atoms with Crippen molar-refractivity contribution in [2.45, 2.75) is 45.1 Å². The molecule has 4 nitrogen and oxygen atoms in total. The molecule has 0 bridgehead atoms. The van der Waals surface area contributed by atoms with E-state index in [1.165, 1.54) is 6.42 Å². The van der Waals surface area contributed by atoms with E-state index in [9.17, 15) is 9.59 Å². The zero-order chi connectivity index (χ0) is 12.0. The molecular weight excluding hydrogens is 206 g/mol. The van der Waals surface area contributed by atoms with E-state index in [1.54, 1.807) is 0 Å². The molecule has 0 aromatic heterocycles. The average Bonchev–Trinajstić information content (AvgIpc) is 2.27. The molecule has 0 unspecified atom stereocenters. The first-order valence-corrected chi connectivity index (χ1v) is 5.83. The highest BCUT2D eigenvalue weighted by Crippen LogP contribution is 2.26. The van der Waals surface area contributed by atoms with Gasteiger partial charge in [0.2, 0.25) is 5.91 Å². The SMILES string of the molecule is CCC1CCC(NC(=O)C=CC(=O)O)CC1. The van der Waals surface area contributed by atoms with Crippen molar-refractivity contribution in [2.75, 3.05) is 0 Å². The number of carboxylic acid groups (broad SMARTS) is 1. The molecule has 0 saturated heterocycles. The summed E-state index contributed by atoms with van der Waals surface area (Å²) >= 11 is 0. The number of nitrogens with one attached hydrogen (secondary N) is 1. The van der Waals surface area contributed by atoms with Gasteiger partial charge in [0.15, 0.2) is 0 Å². The molecule has 4 heteroatoms. The van der Waals surface area contributed by atoms with Crippen LogP contribution in [-0.2, 0) is 9.59 Å². The van der Waals surface area contributed by atoms with Crippen LogP contribution < -0.4 is 5.32 Å². The molecule has 1 aliphatic rings. The lowest BCUT2D eigenvalue weighted by atomic mass is 9.84. The Morgan fingerprint density at radius 3 is 2.38 bits per heavy atom. The van der Waals surface area contributed by atoms with Crippen molar-refractivity contribution >= 4 is 11.9 Å². The van der Waals surface area contributed by atoms with E-state index in [0.29, 0.717) is 0 Å². The first-order valence-electron chi connectivity index (χ1n) is 5.83. The summed E-state index contributed by atoms with van der Waals surface area (Å²) < 4.78 is 0. The maximum absolute atomic E-state index is 11.3. The molecule has 0 spiro atoms. The van der Waals surface area contributed by atoms with E-state index in [0.717, 1.165) is 43.8 Å². The number of carbonyl (C=O) groups is 2. The van der Waals surface area contributed by atoms with E-state index in [-0.39, 0.29) is 11.9 Å². The van der Waals surface area contributed by atoms with Crippen LogP contribution in [0.15, 0.2) is 12.2 Å². The Morgan fingerprint density at radius 1 is 1.25 bits per heavy atom. The minimum atomic E-state index is -1.09. The summed E-state index contributed by atoms with van der Waals surface area (Å²) in [5.41, 5.74) is 0. The maximum Gasteiger partial charge on any atom is 0.328 e. The third-order valence-electron chi connectivity index (χ3n) is 3.15. The van der Waals surface area contributed by atoms with Crippen molar-refractivity contribution in [2.24, 2.45) is 5.92 Å². The van der Waals surface area contributed by atoms with Gasteiger partial charge in [-0.2, -0.15) is 0 Å². The molecule has 16 heavy (non-hydrogen) atoms. The molecule has 2 N–H and O–H groups in total. The number of carboxylic acids is 1. The predicted octanol–water partition coefficient (Wildman–Crippen LogP) is 1.71. The molecule has 1 amide bonds. The zero-order valence-electron chi connectivity index (χ0n) is 9.61. The van der Waals surface area contributed by atoms with Crippen LogP contribution in [0.5, 0.6) is 0 Å². The van der Waals surface area contributed by atoms with E-state index in [4.69, 9.17) is 5.11 Å². The highest BCUT2D eigenvalue weighted by Gasteiger charge is 2.20. The van der Waals surface area contributed by atoms with Crippen LogP contribution in [0.1, 0.15) is 39.0 Å². The molecule has 0 aromatic rings. The molecule has 0 aromatic carbocycles. The molecule has 1 aliphatic carbocycles. The fraction of sp³-hybridized carbons (Fsp3) is 0.667. The lowest BCUT2D eigenvalue weighted by Crippen LogP contribution is -2.36. The van der Waals surface area contributed by atoms with Crippen LogP contribution in [0.4, 0.5) is 0 Å². The summed E-state index contributed by atoms with van der Waals surface area (Å²) in [6.07, 6.45) is 7.48. The van der Waals surface area contributed by atoms with E-state index >= 15 is 0 Å². The van der Waals surface area contributed by atoms with Gasteiger partial charge >= 0.3 is 5.97 Å². The summed E-state index contributed by atoms with van der Waals surface area (Å²) in [6, 6.07) is 0.216. The largest absolute Gasteiger partial charge is 0.478 e. The van der Waals surface area contributed by atoms with Crippen LogP contribution in [0.2, 0.25) is 0 Å². The van der Waals surface area contributed by atoms with Crippen LogP contribution >= 0.6 is 0 Å². The third kappa shape index (κ3) is 4.47. The molecule has 1 rings (SSSR count). The lowest BCUT2D eigenvalue weighted by Gasteiger charge is -2.28. The van der Waals surface area contributed by atoms with Gasteiger partial charge in [0.1, 0.15) is 0 Å². The molecule has 0 atom stereocenters. The van der Waals surface area contributed by atoms with E-state index < -0.39 is 5.97 Å². The predicted molar refractivity (Wildman–Crippen MR) is 61.0 cm³/mol. The number of carbonyl (C=O) groups excluding carboxylic acids is 1. The number of amides is 1. The third-order valence-corrected chi connectivity index (χ3v) is 3.15. The summed E-state index contributed by atoms with van der Waals surface area (Å²) in [4.78, 5) is 21.5. The minimum absolute atomic E-state index is 0.216. The van der Waals surface area contributed by atoms with Gasteiger partial charge in [0, 0.05) is 18.2 Å². The van der Waals surface area contributed by atoms with Gasteiger partial charge in [-0.1, -0.05) is 13.3 Å². The second-order valence-corrected chi connectivity index (χ2v) is 4.31. The number of rotatable bonds is 4. The van der Waals surface area contributed by atoms with Gasteiger partial charge in [0.05, 0.1) is 0 Å². The second kappa shape index (κ2) is 6.30. The quantitative estimate of drug-likeness (QED) is 0.716. The van der Waals surface area contributed by atoms with Gasteiger partial charge in [-0.3, -0.25) is 4.79 Å². The Morgan fingerprint density at radius 2 is 1.88 bits per heavy atom. The van der Waals surface area contributed by atoms with Crippen molar-refractivity contribution in [3.8, 4) is 0 Å². The van der Waals surface area contributed by atoms with Crippen molar-refractivity contribution in [3.05, 3.63) is 12.2 Å². The number of aliphatic carboxylic acids is 1. The Labute approximate surface area is 95.7 Å². The molecule has 0 aliphatic heterocycles. The van der Waals surface area contributed by atoms with Gasteiger partial charge in [-0.05, 0) is 31.6 Å². The van der Waals surface area contributed by atoms with Crippen LogP contribution in [-0.4, -0.2) is 23.0 Å². The maximum atomic E-state index is 11.3. The summed E-state index contributed by atoms with van der Waals surface area (Å²) in [5.74, 6) is -0.602. The van der Waals surface area contributed by atoms with Crippen molar-refractivity contribution < 1.29 is 14.7 Å². The van der Waals surface area contributed by atoms with Gasteiger partial charge in [-0.25, -0.2) is 4.79 Å². The molecule has 0 heterocycles. The zero-order valence-corrected chi connectivity index (χ0v) is 9.61. The average molecular weight is 225 g/mol. The molecule has 1 fully saturated rings. The summed E-state index contributed by atoms with van der Waals surface area (Å²) in [7, 11) is 0. The topological polar surface area (TPSA) is 66.4 Å². The highest BCUT2D eigenvalue weighted by molar-refractivity contribution is 5.93. The molecule has 0 radical (unpaired) electrons. The van der Waals surface area contributed by atoms with Crippen molar-refractivity contribution in [3.63, 3.8) is 0 Å². The van der Waals surface area contributed by atoms with E-state index in [1.807, 2.05) is 0 Å². The minimum Gasteiger partial charge on any atom is -0.478 e. The van der Waals surface area contributed by atoms with Gasteiger partial charge < -0.3 is 10.4 Å². The smallest absolute Gasteiger partial charge is 0.328 e. The monoisotopic (exact) mass is 225 g/mol. The number of hydrogen-bond donors (Lipinski definition) is 2. The Hall–Kier alpha value is -1.32. The highest BCUT2D eigenvalue weighted by atomic mass is 16.4. The van der Waals surface area contributed by atoms with E-state index in [2.05, 4.69) is 12.2 Å². The van der Waals surface area contributed by atoms with Crippen molar-refractivity contribution in [1.29, 1.82) is 0 Å². The van der Waals surface area contributed by atoms with Crippen LogP contribution in [0.3, 0.4) is 0 Å². The van der Waals surface area contributed by atoms with Crippen LogP contribution in [0, 0.1) is 5.92 Å². The number of hydrogen-bond acceptors (Lipinski definition) is 2. The van der Waals surface area contributed by atoms with Crippen molar-refractivity contribution in [1.82, 2.24) is 5.32 Å². The summed E-state index contributed by atoms with van der Waals surface area (Å²) in [5, 5.41) is 11.2. The Bertz CT molecular complexity index is 278. The molecular formula is C12H19NO3. The standard InChI is InChI=1S/C12H19NO3/c1-2-9-3-5-10(6-4-9)13-11(14)7-8-12(15)16/h7-10H,2-6H2,1H3,(H,13,14)(H,15,16). The summed E-state index contributed by atoms with van der Waals surface area (Å²) in [6.45, 7) is 2.19. The second-order valence-electron chi connectivity index (χ2n) is 4.31. The Balaban J connectivity index is 2.28. The molecule has 90 valence electrons. The van der Waals surface area contributed by atoms with Crippen LogP contribution in [0.25, 0.3) is 0 Å². The first kappa shape index (κ1) is 12.7. The van der Waals surface area contributed by atoms with Gasteiger partial charge in [-0.15, -0.1) is 0 Å². The fourth-order valence-electron chi connectivity index (χ4n) is 2.11. The Kier molecular flexibility index (Phi) is 5.02. The lowest BCUT2D eigenvalue weighted by molar-refractivity contribution is -0.131. The fourth-order valence-corrected chi connectivity index (χ4v) is 2.11. The normalized spacial score (nSPS) is 25.6.